The number of pyridine rings is 1. The lowest BCUT2D eigenvalue weighted by atomic mass is 9.94. The molecule has 1 aromatic rings. The van der Waals surface area contributed by atoms with E-state index in [1.165, 1.54) is 19.3 Å². The first-order valence-corrected chi connectivity index (χ1v) is 6.67. The Hall–Kier alpha value is -1.09. The van der Waals surface area contributed by atoms with E-state index in [9.17, 15) is 0 Å². The molecule has 3 heteroatoms. The standard InChI is InChI=1S/C14H23N3/c1-3-12-6-8-17(9-7-12)14-5-4-13(10-16-14)11(2)15/h4-5,10-12H,3,6-9,15H2,1-2H3/t11-/m1/s1. The van der Waals surface area contributed by atoms with Crippen LogP contribution in [0.5, 0.6) is 0 Å². The molecule has 0 bridgehead atoms. The average Bonchev–Trinajstić information content (AvgIpc) is 2.39. The van der Waals surface area contributed by atoms with E-state index in [1.807, 2.05) is 13.1 Å². The van der Waals surface area contributed by atoms with Crippen LogP contribution in [-0.2, 0) is 0 Å². The SMILES string of the molecule is CCC1CCN(c2ccc([C@@H](C)N)cn2)CC1. The van der Waals surface area contributed by atoms with Gasteiger partial charge in [-0.25, -0.2) is 4.98 Å². The summed E-state index contributed by atoms with van der Waals surface area (Å²) in [6.45, 7) is 6.56. The molecule has 2 rings (SSSR count). The highest BCUT2D eigenvalue weighted by Gasteiger charge is 2.18. The summed E-state index contributed by atoms with van der Waals surface area (Å²) >= 11 is 0. The maximum Gasteiger partial charge on any atom is 0.128 e. The number of hydrogen-bond donors (Lipinski definition) is 1. The molecular formula is C14H23N3. The second-order valence-electron chi connectivity index (χ2n) is 5.08. The molecule has 1 fully saturated rings. The van der Waals surface area contributed by atoms with Crippen LogP contribution < -0.4 is 10.6 Å². The van der Waals surface area contributed by atoms with Gasteiger partial charge < -0.3 is 10.6 Å². The van der Waals surface area contributed by atoms with Crippen molar-refractivity contribution >= 4 is 5.82 Å². The Morgan fingerprint density at radius 2 is 2.12 bits per heavy atom. The van der Waals surface area contributed by atoms with E-state index in [4.69, 9.17) is 5.73 Å². The Kier molecular flexibility index (Phi) is 4.00. The van der Waals surface area contributed by atoms with Crippen molar-refractivity contribution < 1.29 is 0 Å². The summed E-state index contributed by atoms with van der Waals surface area (Å²) in [5, 5.41) is 0. The molecule has 2 N–H and O–H groups in total. The Morgan fingerprint density at radius 1 is 1.41 bits per heavy atom. The summed E-state index contributed by atoms with van der Waals surface area (Å²) in [5.74, 6) is 2.01. The molecule has 1 aromatic heterocycles. The van der Waals surface area contributed by atoms with Crippen LogP contribution >= 0.6 is 0 Å². The van der Waals surface area contributed by atoms with Gasteiger partial charge in [0.25, 0.3) is 0 Å². The molecule has 3 nitrogen and oxygen atoms in total. The topological polar surface area (TPSA) is 42.1 Å². The average molecular weight is 233 g/mol. The van der Waals surface area contributed by atoms with E-state index in [1.54, 1.807) is 0 Å². The van der Waals surface area contributed by atoms with E-state index >= 15 is 0 Å². The predicted molar refractivity (Wildman–Crippen MR) is 72.1 cm³/mol. The lowest BCUT2D eigenvalue weighted by molar-refractivity contribution is 0.393. The summed E-state index contributed by atoms with van der Waals surface area (Å²) in [6, 6.07) is 4.27. The number of rotatable bonds is 3. The van der Waals surface area contributed by atoms with Crippen LogP contribution in [0.3, 0.4) is 0 Å². The van der Waals surface area contributed by atoms with Crippen LogP contribution in [0, 0.1) is 5.92 Å². The van der Waals surface area contributed by atoms with Gasteiger partial charge in [-0.15, -0.1) is 0 Å². The Morgan fingerprint density at radius 3 is 2.59 bits per heavy atom. The first kappa shape index (κ1) is 12.4. The number of hydrogen-bond acceptors (Lipinski definition) is 3. The second-order valence-corrected chi connectivity index (χ2v) is 5.08. The van der Waals surface area contributed by atoms with E-state index in [2.05, 4.69) is 28.9 Å². The quantitative estimate of drug-likeness (QED) is 0.873. The van der Waals surface area contributed by atoms with Crippen molar-refractivity contribution in [3.63, 3.8) is 0 Å². The first-order chi connectivity index (χ1) is 8.20. The van der Waals surface area contributed by atoms with E-state index in [0.717, 1.165) is 30.4 Å². The largest absolute Gasteiger partial charge is 0.357 e. The van der Waals surface area contributed by atoms with Crippen molar-refractivity contribution in [3.8, 4) is 0 Å². The van der Waals surface area contributed by atoms with Gasteiger partial charge in [0.2, 0.25) is 0 Å². The monoisotopic (exact) mass is 233 g/mol. The lowest BCUT2D eigenvalue weighted by Crippen LogP contribution is -2.34. The molecule has 0 aromatic carbocycles. The molecule has 1 saturated heterocycles. The molecule has 0 radical (unpaired) electrons. The van der Waals surface area contributed by atoms with Gasteiger partial charge in [0.1, 0.15) is 5.82 Å². The van der Waals surface area contributed by atoms with Crippen molar-refractivity contribution in [3.05, 3.63) is 23.9 Å². The molecule has 94 valence electrons. The van der Waals surface area contributed by atoms with Crippen LogP contribution in [0.2, 0.25) is 0 Å². The highest BCUT2D eigenvalue weighted by atomic mass is 15.2. The number of nitrogens with zero attached hydrogens (tertiary/aromatic N) is 2. The summed E-state index contributed by atoms with van der Waals surface area (Å²) in [6.07, 6.45) is 5.82. The van der Waals surface area contributed by atoms with Crippen LogP contribution in [-0.4, -0.2) is 18.1 Å². The van der Waals surface area contributed by atoms with Gasteiger partial charge in [-0.2, -0.15) is 0 Å². The fraction of sp³-hybridized carbons (Fsp3) is 0.643. The predicted octanol–water partition coefficient (Wildman–Crippen LogP) is 2.73. The zero-order valence-electron chi connectivity index (χ0n) is 10.9. The smallest absolute Gasteiger partial charge is 0.128 e. The third-order valence-corrected chi connectivity index (χ3v) is 3.81. The molecule has 0 aliphatic carbocycles. The van der Waals surface area contributed by atoms with Gasteiger partial charge in [0, 0.05) is 25.3 Å². The van der Waals surface area contributed by atoms with Gasteiger partial charge in [-0.05, 0) is 37.3 Å². The lowest BCUT2D eigenvalue weighted by Gasteiger charge is -2.32. The molecular weight excluding hydrogens is 210 g/mol. The van der Waals surface area contributed by atoms with Crippen molar-refractivity contribution in [2.24, 2.45) is 11.7 Å². The normalized spacial score (nSPS) is 19.4. The van der Waals surface area contributed by atoms with Gasteiger partial charge in [0.15, 0.2) is 0 Å². The Bertz CT molecular complexity index is 337. The molecule has 2 heterocycles. The number of anilines is 1. The van der Waals surface area contributed by atoms with Gasteiger partial charge in [-0.1, -0.05) is 19.4 Å². The van der Waals surface area contributed by atoms with Gasteiger partial charge >= 0.3 is 0 Å². The van der Waals surface area contributed by atoms with Crippen LogP contribution in [0.1, 0.15) is 44.7 Å². The molecule has 0 spiro atoms. The molecule has 0 saturated carbocycles. The zero-order chi connectivity index (χ0) is 12.3. The Balaban J connectivity index is 1.99. The molecule has 1 atom stereocenters. The number of nitrogens with two attached hydrogens (primary N) is 1. The minimum absolute atomic E-state index is 0.0716. The minimum Gasteiger partial charge on any atom is -0.357 e. The molecule has 17 heavy (non-hydrogen) atoms. The molecule has 1 aliphatic rings. The van der Waals surface area contributed by atoms with Crippen LogP contribution in [0.15, 0.2) is 18.3 Å². The number of piperidine rings is 1. The number of aromatic nitrogens is 1. The third-order valence-electron chi connectivity index (χ3n) is 3.81. The van der Waals surface area contributed by atoms with E-state index < -0.39 is 0 Å². The first-order valence-electron chi connectivity index (χ1n) is 6.67. The van der Waals surface area contributed by atoms with Crippen molar-refractivity contribution in [1.29, 1.82) is 0 Å². The van der Waals surface area contributed by atoms with Crippen LogP contribution in [0.4, 0.5) is 5.82 Å². The summed E-state index contributed by atoms with van der Waals surface area (Å²) in [4.78, 5) is 6.91. The van der Waals surface area contributed by atoms with Gasteiger partial charge in [-0.3, -0.25) is 0 Å². The minimum atomic E-state index is 0.0716. The molecule has 0 amide bonds. The molecule has 1 aliphatic heterocycles. The van der Waals surface area contributed by atoms with Crippen molar-refractivity contribution in [2.45, 2.75) is 39.2 Å². The third kappa shape index (κ3) is 2.97. The summed E-state index contributed by atoms with van der Waals surface area (Å²) < 4.78 is 0. The Labute approximate surface area is 104 Å². The van der Waals surface area contributed by atoms with Crippen molar-refractivity contribution in [2.75, 3.05) is 18.0 Å². The highest BCUT2D eigenvalue weighted by molar-refractivity contribution is 5.40. The maximum atomic E-state index is 5.82. The zero-order valence-corrected chi connectivity index (χ0v) is 10.9. The molecule has 0 unspecified atom stereocenters. The van der Waals surface area contributed by atoms with Crippen LogP contribution in [0.25, 0.3) is 0 Å². The highest BCUT2D eigenvalue weighted by Crippen LogP contribution is 2.24. The maximum absolute atomic E-state index is 5.82. The van der Waals surface area contributed by atoms with Gasteiger partial charge in [0.05, 0.1) is 0 Å². The second kappa shape index (κ2) is 5.50. The summed E-state index contributed by atoms with van der Waals surface area (Å²) in [5.41, 5.74) is 6.93. The summed E-state index contributed by atoms with van der Waals surface area (Å²) in [7, 11) is 0. The van der Waals surface area contributed by atoms with E-state index in [-0.39, 0.29) is 6.04 Å². The fourth-order valence-electron chi connectivity index (χ4n) is 2.42. The fourth-order valence-corrected chi connectivity index (χ4v) is 2.42. The van der Waals surface area contributed by atoms with E-state index in [0.29, 0.717) is 0 Å². The van der Waals surface area contributed by atoms with Crippen molar-refractivity contribution in [1.82, 2.24) is 4.98 Å².